The van der Waals surface area contributed by atoms with E-state index in [2.05, 4.69) is 20.9 Å². The molecule has 0 unspecified atom stereocenters. The zero-order valence-corrected chi connectivity index (χ0v) is 25.0. The fraction of sp³-hybridized carbons (Fsp3) is 0.517. The monoisotopic (exact) mass is 602 g/mol. The van der Waals surface area contributed by atoms with Crippen LogP contribution in [0.3, 0.4) is 0 Å². The number of hydrogen-bond acceptors (Lipinski definition) is 7. The molecule has 0 aliphatic carbocycles. The number of hydrogen-bond donors (Lipinski definition) is 7. The van der Waals surface area contributed by atoms with Gasteiger partial charge in [-0.15, -0.1) is 0 Å². The maximum Gasteiger partial charge on any atom is 0.329 e. The average molecular weight is 603 g/mol. The van der Waals surface area contributed by atoms with Crippen LogP contribution in [0, 0.1) is 11.8 Å². The number of para-hydroxylation sites is 1. The van der Waals surface area contributed by atoms with Gasteiger partial charge in [0.05, 0.1) is 6.42 Å². The predicted molar refractivity (Wildman–Crippen MR) is 156 cm³/mol. The van der Waals surface area contributed by atoms with Gasteiger partial charge in [0.25, 0.3) is 5.91 Å². The van der Waals surface area contributed by atoms with Crippen LogP contribution in [-0.2, 0) is 35.2 Å². The number of nitrogens with one attached hydrogen (secondary N) is 4. The van der Waals surface area contributed by atoms with Gasteiger partial charge < -0.3 is 31.8 Å². The van der Waals surface area contributed by atoms with Crippen LogP contribution in [0.25, 0.3) is 10.9 Å². The largest absolute Gasteiger partial charge is 0.480 e. The Morgan fingerprint density at radius 2 is 1.49 bits per heavy atom. The molecule has 2 rings (SSSR count). The van der Waals surface area contributed by atoms with Crippen molar-refractivity contribution in [3.8, 4) is 0 Å². The highest BCUT2D eigenvalue weighted by molar-refractivity contribution is 5.96. The second-order valence-electron chi connectivity index (χ2n) is 10.8. The Kier molecular flexibility index (Phi) is 12.7. The first-order chi connectivity index (χ1) is 20.2. The third-order valence-corrected chi connectivity index (χ3v) is 7.56. The number of fused-ring (bicyclic) bond motifs is 1. The van der Waals surface area contributed by atoms with Gasteiger partial charge in [-0.1, -0.05) is 58.7 Å². The summed E-state index contributed by atoms with van der Waals surface area (Å²) >= 11 is 0. The lowest BCUT2D eigenvalue weighted by molar-refractivity contribution is -0.188. The first-order valence-electron chi connectivity index (χ1n) is 14.2. The second kappa shape index (κ2) is 15.7. The number of carboxylic acids is 1. The molecule has 0 saturated heterocycles. The van der Waals surface area contributed by atoms with Crippen molar-refractivity contribution >= 4 is 46.4 Å². The van der Waals surface area contributed by atoms with Crippen molar-refractivity contribution in [2.45, 2.75) is 84.5 Å². The molecule has 14 nitrogen and oxygen atoms in total. The number of benzene rings is 1. The van der Waals surface area contributed by atoms with Gasteiger partial charge in [-0.2, -0.15) is 0 Å². The summed E-state index contributed by atoms with van der Waals surface area (Å²) in [5.41, 5.74) is 6.45. The van der Waals surface area contributed by atoms with E-state index in [0.717, 1.165) is 10.9 Å². The highest BCUT2D eigenvalue weighted by atomic mass is 16.5. The Bertz CT molecular complexity index is 1330. The fourth-order valence-corrected chi connectivity index (χ4v) is 4.63. The minimum absolute atomic E-state index is 0.112. The molecular formula is C29H42N6O8. The third-order valence-electron chi connectivity index (χ3n) is 7.56. The predicted octanol–water partition coefficient (Wildman–Crippen LogP) is 0.823. The summed E-state index contributed by atoms with van der Waals surface area (Å²) in [5.74, 6) is -6.37. The van der Waals surface area contributed by atoms with E-state index in [9.17, 15) is 39.1 Å². The van der Waals surface area contributed by atoms with Crippen molar-refractivity contribution in [2.24, 2.45) is 17.6 Å². The van der Waals surface area contributed by atoms with E-state index < -0.39 is 72.0 Å². The molecule has 0 aliphatic heterocycles. The van der Waals surface area contributed by atoms with Gasteiger partial charge in [-0.3, -0.25) is 29.2 Å². The summed E-state index contributed by atoms with van der Waals surface area (Å²) in [4.78, 5) is 78.5. The second-order valence-corrected chi connectivity index (χ2v) is 10.8. The number of nitrogens with zero attached hydrogens (tertiary/aromatic N) is 1. The van der Waals surface area contributed by atoms with Crippen molar-refractivity contribution in [3.05, 3.63) is 36.0 Å². The maximum atomic E-state index is 13.7. The van der Waals surface area contributed by atoms with Gasteiger partial charge >= 0.3 is 5.97 Å². The SMILES string of the molecule is CC[C@H](C)[C@H](NC(C)=O)C(=O)N[C@H](C(=O)N[C@@H](Cc1c[nH]c2ccccc12)C(=O)N(O)[C@@H](CC(N)=O)C(=O)O)[C@@H](C)CC. The summed E-state index contributed by atoms with van der Waals surface area (Å²) in [6, 6.07) is 1.61. The van der Waals surface area contributed by atoms with E-state index in [-0.39, 0.29) is 17.4 Å². The van der Waals surface area contributed by atoms with E-state index in [1.165, 1.54) is 6.92 Å². The van der Waals surface area contributed by atoms with Crippen LogP contribution >= 0.6 is 0 Å². The number of nitrogens with two attached hydrogens (primary N) is 1. The number of hydroxylamine groups is 2. The van der Waals surface area contributed by atoms with Crippen molar-refractivity contribution in [2.75, 3.05) is 0 Å². The Morgan fingerprint density at radius 3 is 2.02 bits per heavy atom. The Hall–Kier alpha value is -4.46. The molecule has 0 bridgehead atoms. The van der Waals surface area contributed by atoms with E-state index in [1.807, 2.05) is 13.8 Å². The molecule has 0 saturated carbocycles. The summed E-state index contributed by atoms with van der Waals surface area (Å²) in [6.07, 6.45) is 1.62. The van der Waals surface area contributed by atoms with Crippen LogP contribution in [-0.4, -0.2) is 80.0 Å². The number of aromatic amines is 1. The molecule has 6 atom stereocenters. The number of carbonyl (C=O) groups is 6. The molecule has 0 aliphatic rings. The molecule has 1 aromatic heterocycles. The van der Waals surface area contributed by atoms with Crippen LogP contribution in [0.4, 0.5) is 0 Å². The standard InChI is InChI=1S/C29H42N6O8/c1-6-15(3)24(32-17(5)36)27(39)34-25(16(4)7-2)26(38)33-21(12-18-14-31-20-11-9-8-10-19(18)20)28(40)35(43)22(29(41)42)13-23(30)37/h8-11,14-16,21-22,24-25,31,43H,6-7,12-13H2,1-5H3,(H2,30,37)(H,32,36)(H,33,38)(H,34,39)(H,41,42)/t15-,16-,21-,22-,24-,25-/m0/s1. The molecule has 236 valence electrons. The van der Waals surface area contributed by atoms with Crippen LogP contribution in [0.5, 0.6) is 0 Å². The molecule has 0 radical (unpaired) electrons. The first kappa shape index (κ1) is 34.7. The highest BCUT2D eigenvalue weighted by Crippen LogP contribution is 2.21. The average Bonchev–Trinajstić information content (AvgIpc) is 3.37. The van der Waals surface area contributed by atoms with E-state index in [4.69, 9.17) is 5.73 Å². The van der Waals surface area contributed by atoms with E-state index >= 15 is 0 Å². The molecule has 0 spiro atoms. The van der Waals surface area contributed by atoms with Crippen molar-refractivity contribution < 1.29 is 39.1 Å². The van der Waals surface area contributed by atoms with Gasteiger partial charge in [0, 0.05) is 30.4 Å². The number of aromatic nitrogens is 1. The number of carboxylic acid groups (broad SMARTS) is 1. The van der Waals surface area contributed by atoms with Crippen molar-refractivity contribution in [1.82, 2.24) is 26.0 Å². The van der Waals surface area contributed by atoms with Crippen molar-refractivity contribution in [1.29, 1.82) is 0 Å². The summed E-state index contributed by atoms with van der Waals surface area (Å²) in [7, 11) is 0. The minimum Gasteiger partial charge on any atom is -0.480 e. The number of carbonyl (C=O) groups excluding carboxylic acids is 5. The quantitative estimate of drug-likeness (QED) is 0.107. The molecule has 8 N–H and O–H groups in total. The number of rotatable bonds is 16. The van der Waals surface area contributed by atoms with Crippen LogP contribution < -0.4 is 21.7 Å². The molecular weight excluding hydrogens is 560 g/mol. The van der Waals surface area contributed by atoms with Crippen molar-refractivity contribution in [3.63, 3.8) is 0 Å². The normalized spacial score (nSPS) is 15.3. The molecule has 1 aromatic carbocycles. The summed E-state index contributed by atoms with van der Waals surface area (Å²) in [5, 5.41) is 28.7. The number of H-pyrrole nitrogens is 1. The lowest BCUT2D eigenvalue weighted by Crippen LogP contribution is -2.60. The van der Waals surface area contributed by atoms with Gasteiger partial charge in [0.2, 0.25) is 23.6 Å². The zero-order chi connectivity index (χ0) is 32.4. The lowest BCUT2D eigenvalue weighted by atomic mass is 9.94. The molecule has 14 heteroatoms. The first-order valence-corrected chi connectivity index (χ1v) is 14.2. The Labute approximate surface area is 249 Å². The number of aliphatic carboxylic acids is 1. The molecule has 0 fully saturated rings. The van der Waals surface area contributed by atoms with Crippen LogP contribution in [0.15, 0.2) is 30.5 Å². The van der Waals surface area contributed by atoms with Gasteiger partial charge in [0.1, 0.15) is 18.1 Å². The maximum absolute atomic E-state index is 13.7. The topological polar surface area (TPSA) is 224 Å². The molecule has 5 amide bonds. The summed E-state index contributed by atoms with van der Waals surface area (Å²) < 4.78 is 0. The molecule has 1 heterocycles. The van der Waals surface area contributed by atoms with E-state index in [1.54, 1.807) is 44.3 Å². The minimum atomic E-state index is -1.99. The van der Waals surface area contributed by atoms with Crippen LogP contribution in [0.1, 0.15) is 59.4 Å². The molecule has 43 heavy (non-hydrogen) atoms. The third kappa shape index (κ3) is 9.26. The van der Waals surface area contributed by atoms with Gasteiger partial charge in [0.15, 0.2) is 6.04 Å². The smallest absolute Gasteiger partial charge is 0.329 e. The van der Waals surface area contributed by atoms with E-state index in [0.29, 0.717) is 18.4 Å². The Morgan fingerprint density at radius 1 is 0.930 bits per heavy atom. The fourth-order valence-electron chi connectivity index (χ4n) is 4.63. The Balaban J connectivity index is 2.45. The highest BCUT2D eigenvalue weighted by Gasteiger charge is 2.38. The lowest BCUT2D eigenvalue weighted by Gasteiger charge is -2.31. The number of amides is 5. The summed E-state index contributed by atoms with van der Waals surface area (Å²) in [6.45, 7) is 8.46. The molecule has 2 aromatic rings. The zero-order valence-electron chi connectivity index (χ0n) is 25.0. The van der Waals surface area contributed by atoms with Gasteiger partial charge in [-0.05, 0) is 23.5 Å². The van der Waals surface area contributed by atoms with Gasteiger partial charge in [-0.25, -0.2) is 9.86 Å². The van der Waals surface area contributed by atoms with Crippen LogP contribution in [0.2, 0.25) is 0 Å². The number of primary amides is 1.